The summed E-state index contributed by atoms with van der Waals surface area (Å²) >= 11 is 0. The van der Waals surface area contributed by atoms with Crippen LogP contribution >= 0.6 is 0 Å². The van der Waals surface area contributed by atoms with Crippen molar-refractivity contribution < 1.29 is 0 Å². The summed E-state index contributed by atoms with van der Waals surface area (Å²) in [5.74, 6) is 0.988. The molecule has 1 aliphatic rings. The van der Waals surface area contributed by atoms with Crippen LogP contribution in [0.5, 0.6) is 0 Å². The maximum Gasteiger partial charge on any atom is 0.124 e. The van der Waals surface area contributed by atoms with Gasteiger partial charge < -0.3 is 10.6 Å². The Bertz CT molecular complexity index is 435. The zero-order valence-electron chi connectivity index (χ0n) is 11.4. The van der Waals surface area contributed by atoms with Gasteiger partial charge in [-0.3, -0.25) is 5.41 Å². The van der Waals surface area contributed by atoms with Crippen LogP contribution in [-0.2, 0) is 0 Å². The molecule has 1 fully saturated rings. The minimum Gasteiger partial charge on any atom is -0.384 e. The van der Waals surface area contributed by atoms with Gasteiger partial charge in [0, 0.05) is 24.3 Å². The molecule has 0 saturated heterocycles. The van der Waals surface area contributed by atoms with E-state index in [2.05, 4.69) is 24.8 Å². The number of nitrogens with one attached hydrogen (secondary N) is 1. The third kappa shape index (κ3) is 2.66. The van der Waals surface area contributed by atoms with Gasteiger partial charge in [-0.15, -0.1) is 0 Å². The minimum absolute atomic E-state index is 0.164. The highest BCUT2D eigenvalue weighted by Gasteiger charge is 2.21. The lowest BCUT2D eigenvalue weighted by Gasteiger charge is -2.34. The van der Waals surface area contributed by atoms with E-state index in [4.69, 9.17) is 11.1 Å². The van der Waals surface area contributed by atoms with E-state index in [1.807, 2.05) is 12.1 Å². The summed E-state index contributed by atoms with van der Waals surface area (Å²) < 4.78 is 0. The van der Waals surface area contributed by atoms with E-state index in [0.29, 0.717) is 0 Å². The Kier molecular flexibility index (Phi) is 3.90. The molecule has 3 nitrogen and oxygen atoms in total. The van der Waals surface area contributed by atoms with Crippen LogP contribution in [0.2, 0.25) is 0 Å². The first-order chi connectivity index (χ1) is 8.61. The van der Waals surface area contributed by atoms with Crippen LogP contribution in [0.1, 0.15) is 37.3 Å². The first-order valence-corrected chi connectivity index (χ1v) is 6.81. The standard InChI is InChI=1S/C15H23N3/c1-3-18(10-12-5-4-6-12)14-9-11(2)7-8-13(14)15(16)17/h7-9,12H,3-6,10H2,1-2H3,(H3,16,17). The van der Waals surface area contributed by atoms with E-state index in [-0.39, 0.29) is 5.84 Å². The van der Waals surface area contributed by atoms with E-state index in [1.54, 1.807) is 0 Å². The van der Waals surface area contributed by atoms with Gasteiger partial charge in [-0.1, -0.05) is 12.5 Å². The van der Waals surface area contributed by atoms with Gasteiger partial charge in [-0.05, 0) is 50.3 Å². The van der Waals surface area contributed by atoms with Gasteiger partial charge in [0.15, 0.2) is 0 Å². The molecule has 0 aromatic heterocycles. The number of nitrogens with zero attached hydrogens (tertiary/aromatic N) is 1. The number of anilines is 1. The summed E-state index contributed by atoms with van der Waals surface area (Å²) in [6.45, 7) is 6.33. The largest absolute Gasteiger partial charge is 0.384 e. The first-order valence-electron chi connectivity index (χ1n) is 6.81. The summed E-state index contributed by atoms with van der Waals surface area (Å²) in [6.07, 6.45) is 4.06. The van der Waals surface area contributed by atoms with Crippen molar-refractivity contribution in [2.45, 2.75) is 33.1 Å². The van der Waals surface area contributed by atoms with Gasteiger partial charge >= 0.3 is 0 Å². The third-order valence-electron chi connectivity index (χ3n) is 3.87. The van der Waals surface area contributed by atoms with Crippen LogP contribution < -0.4 is 10.6 Å². The molecule has 3 heteroatoms. The Hall–Kier alpha value is -1.51. The molecule has 1 aromatic rings. The van der Waals surface area contributed by atoms with Crippen molar-refractivity contribution in [3.05, 3.63) is 29.3 Å². The molecular formula is C15H23N3. The number of hydrogen-bond acceptors (Lipinski definition) is 2. The highest BCUT2D eigenvalue weighted by Crippen LogP contribution is 2.30. The molecule has 0 heterocycles. The van der Waals surface area contributed by atoms with Gasteiger partial charge in [0.25, 0.3) is 0 Å². The molecule has 18 heavy (non-hydrogen) atoms. The maximum atomic E-state index is 7.71. The lowest BCUT2D eigenvalue weighted by molar-refractivity contribution is 0.318. The number of nitrogen functional groups attached to an aromatic ring is 1. The molecule has 0 unspecified atom stereocenters. The Balaban J connectivity index is 2.26. The van der Waals surface area contributed by atoms with Crippen LogP contribution in [0.4, 0.5) is 5.69 Å². The Morgan fingerprint density at radius 2 is 2.17 bits per heavy atom. The summed E-state index contributed by atoms with van der Waals surface area (Å²) in [5.41, 5.74) is 8.90. The molecule has 0 amide bonds. The Morgan fingerprint density at radius 3 is 2.67 bits per heavy atom. The average molecular weight is 245 g/mol. The number of aryl methyl sites for hydroxylation is 1. The predicted molar refractivity (Wildman–Crippen MR) is 77.4 cm³/mol. The summed E-state index contributed by atoms with van der Waals surface area (Å²) in [7, 11) is 0. The van der Waals surface area contributed by atoms with Crippen LogP contribution in [0, 0.1) is 18.3 Å². The van der Waals surface area contributed by atoms with Crippen LogP contribution in [0.15, 0.2) is 18.2 Å². The van der Waals surface area contributed by atoms with Crippen molar-refractivity contribution in [2.24, 2.45) is 11.7 Å². The lowest BCUT2D eigenvalue weighted by atomic mass is 9.85. The van der Waals surface area contributed by atoms with Crippen molar-refractivity contribution >= 4 is 11.5 Å². The van der Waals surface area contributed by atoms with Crippen molar-refractivity contribution in [1.82, 2.24) is 0 Å². The van der Waals surface area contributed by atoms with Gasteiger partial charge in [0.2, 0.25) is 0 Å². The van der Waals surface area contributed by atoms with Gasteiger partial charge in [0.1, 0.15) is 5.84 Å². The van der Waals surface area contributed by atoms with E-state index in [0.717, 1.165) is 30.3 Å². The highest BCUT2D eigenvalue weighted by molar-refractivity contribution is 6.00. The highest BCUT2D eigenvalue weighted by atomic mass is 15.1. The zero-order chi connectivity index (χ0) is 13.1. The van der Waals surface area contributed by atoms with Crippen LogP contribution in [0.25, 0.3) is 0 Å². The molecule has 0 bridgehead atoms. The summed E-state index contributed by atoms with van der Waals surface area (Å²) in [5, 5.41) is 7.71. The van der Waals surface area contributed by atoms with E-state index >= 15 is 0 Å². The van der Waals surface area contributed by atoms with Gasteiger partial charge in [-0.25, -0.2) is 0 Å². The number of nitrogens with two attached hydrogens (primary N) is 1. The quantitative estimate of drug-likeness (QED) is 0.619. The molecule has 1 aliphatic carbocycles. The van der Waals surface area contributed by atoms with E-state index in [1.165, 1.54) is 24.8 Å². The molecule has 1 saturated carbocycles. The Morgan fingerprint density at radius 1 is 1.44 bits per heavy atom. The van der Waals surface area contributed by atoms with E-state index in [9.17, 15) is 0 Å². The number of benzene rings is 1. The molecule has 0 aliphatic heterocycles. The predicted octanol–water partition coefficient (Wildman–Crippen LogP) is 2.91. The number of amidine groups is 1. The second-order valence-electron chi connectivity index (χ2n) is 5.27. The molecule has 98 valence electrons. The van der Waals surface area contributed by atoms with Gasteiger partial charge in [-0.2, -0.15) is 0 Å². The zero-order valence-corrected chi connectivity index (χ0v) is 11.4. The fourth-order valence-electron chi connectivity index (χ4n) is 2.52. The molecule has 2 rings (SSSR count). The van der Waals surface area contributed by atoms with Crippen molar-refractivity contribution in [3.63, 3.8) is 0 Å². The number of hydrogen-bond donors (Lipinski definition) is 2. The van der Waals surface area contributed by atoms with Crippen molar-refractivity contribution in [1.29, 1.82) is 5.41 Å². The van der Waals surface area contributed by atoms with Crippen LogP contribution in [0.3, 0.4) is 0 Å². The fourth-order valence-corrected chi connectivity index (χ4v) is 2.52. The summed E-state index contributed by atoms with van der Waals surface area (Å²) in [4.78, 5) is 2.37. The fraction of sp³-hybridized carbons (Fsp3) is 0.533. The van der Waals surface area contributed by atoms with Crippen LogP contribution in [-0.4, -0.2) is 18.9 Å². The average Bonchev–Trinajstić information content (AvgIpc) is 2.27. The number of rotatable bonds is 5. The topological polar surface area (TPSA) is 53.1 Å². The lowest BCUT2D eigenvalue weighted by Crippen LogP contribution is -2.34. The smallest absolute Gasteiger partial charge is 0.124 e. The molecule has 3 N–H and O–H groups in total. The minimum atomic E-state index is 0.164. The Labute approximate surface area is 109 Å². The molecule has 1 aromatic carbocycles. The first kappa shape index (κ1) is 12.9. The van der Waals surface area contributed by atoms with E-state index < -0.39 is 0 Å². The van der Waals surface area contributed by atoms with Gasteiger partial charge in [0.05, 0.1) is 0 Å². The maximum absolute atomic E-state index is 7.71. The second-order valence-corrected chi connectivity index (χ2v) is 5.27. The molecular weight excluding hydrogens is 222 g/mol. The second kappa shape index (κ2) is 5.42. The normalized spacial score (nSPS) is 15.2. The summed E-state index contributed by atoms with van der Waals surface area (Å²) in [6, 6.07) is 6.15. The molecule has 0 radical (unpaired) electrons. The SMILES string of the molecule is CCN(CC1CCC1)c1cc(C)ccc1C(=N)N. The third-order valence-corrected chi connectivity index (χ3v) is 3.87. The molecule has 0 spiro atoms. The van der Waals surface area contributed by atoms with Crippen molar-refractivity contribution in [2.75, 3.05) is 18.0 Å². The monoisotopic (exact) mass is 245 g/mol. The molecule has 0 atom stereocenters. The van der Waals surface area contributed by atoms with Crippen molar-refractivity contribution in [3.8, 4) is 0 Å².